The minimum atomic E-state index is -0.610. The highest BCUT2D eigenvalue weighted by Crippen LogP contribution is 2.16. The molecule has 22 heavy (non-hydrogen) atoms. The summed E-state index contributed by atoms with van der Waals surface area (Å²) in [7, 11) is 0. The van der Waals surface area contributed by atoms with Crippen molar-refractivity contribution in [2.24, 2.45) is 22.2 Å². The zero-order chi connectivity index (χ0) is 15.9. The molecular weight excluding hydrogens is 280 g/mol. The number of pyridine rings is 1. The zero-order valence-corrected chi connectivity index (χ0v) is 12.2. The van der Waals surface area contributed by atoms with Gasteiger partial charge in [-0.2, -0.15) is 0 Å². The Balaban J connectivity index is 1.90. The number of aliphatic imine (C=N–C) groups is 1. The van der Waals surface area contributed by atoms with Gasteiger partial charge in [-0.1, -0.05) is 18.2 Å². The first-order valence-electron chi connectivity index (χ1n) is 7.03. The molecule has 1 aromatic carbocycles. The number of amides is 1. The Labute approximate surface area is 128 Å². The zero-order valence-electron chi connectivity index (χ0n) is 12.2. The van der Waals surface area contributed by atoms with Gasteiger partial charge in [0.1, 0.15) is 0 Å². The Morgan fingerprint density at radius 1 is 1.32 bits per heavy atom. The molecule has 7 heteroatoms. The van der Waals surface area contributed by atoms with Crippen molar-refractivity contribution in [2.45, 2.75) is 18.9 Å². The number of benzene rings is 1. The molecule has 0 fully saturated rings. The lowest BCUT2D eigenvalue weighted by atomic mass is 10.1. The summed E-state index contributed by atoms with van der Waals surface area (Å²) in [6.45, 7) is 0.459. The average molecular weight is 300 g/mol. The summed E-state index contributed by atoms with van der Waals surface area (Å²) in [5, 5.41) is 3.73. The summed E-state index contributed by atoms with van der Waals surface area (Å²) in [5.41, 5.74) is 17.8. The van der Waals surface area contributed by atoms with Gasteiger partial charge in [0.25, 0.3) is 0 Å². The van der Waals surface area contributed by atoms with Crippen molar-refractivity contribution < 1.29 is 4.79 Å². The maximum absolute atomic E-state index is 12.0. The molecule has 0 aliphatic carbocycles. The highest BCUT2D eigenvalue weighted by molar-refractivity contribution is 5.96. The standard InChI is InChI=1S/C15H20N6O/c16-12(5-3-7-19-15(17)18)14(22)21-11-8-10-4-1-2-6-13(10)20-9-11/h1-2,4,6,8-9,12H,3,5,7,16H2,(H,21,22)(H4,17,18,19)/t12-/m0/s1. The van der Waals surface area contributed by atoms with Gasteiger partial charge >= 0.3 is 0 Å². The molecular formula is C15H20N6O. The van der Waals surface area contributed by atoms with Gasteiger partial charge in [0.05, 0.1) is 23.4 Å². The summed E-state index contributed by atoms with van der Waals surface area (Å²) in [6.07, 6.45) is 2.76. The molecule has 2 rings (SSSR count). The number of carbonyl (C=O) groups excluding carboxylic acids is 1. The molecule has 0 radical (unpaired) electrons. The van der Waals surface area contributed by atoms with Crippen LogP contribution in [0.25, 0.3) is 10.9 Å². The highest BCUT2D eigenvalue weighted by Gasteiger charge is 2.13. The third-order valence-corrected chi connectivity index (χ3v) is 3.16. The molecule has 1 heterocycles. The highest BCUT2D eigenvalue weighted by atomic mass is 16.2. The minimum Gasteiger partial charge on any atom is -0.370 e. The minimum absolute atomic E-state index is 0.0419. The molecule has 1 atom stereocenters. The predicted molar refractivity (Wildman–Crippen MR) is 88.3 cm³/mol. The molecule has 7 nitrogen and oxygen atoms in total. The van der Waals surface area contributed by atoms with E-state index in [2.05, 4.69) is 15.3 Å². The van der Waals surface area contributed by atoms with E-state index < -0.39 is 6.04 Å². The van der Waals surface area contributed by atoms with Gasteiger partial charge in [-0.15, -0.1) is 0 Å². The number of guanidine groups is 1. The quantitative estimate of drug-likeness (QED) is 0.351. The number of nitrogens with zero attached hydrogens (tertiary/aromatic N) is 2. The second kappa shape index (κ2) is 7.37. The number of fused-ring (bicyclic) bond motifs is 1. The van der Waals surface area contributed by atoms with Crippen LogP contribution >= 0.6 is 0 Å². The fourth-order valence-corrected chi connectivity index (χ4v) is 2.02. The molecule has 116 valence electrons. The van der Waals surface area contributed by atoms with Crippen molar-refractivity contribution in [3.05, 3.63) is 36.5 Å². The Morgan fingerprint density at radius 2 is 2.09 bits per heavy atom. The average Bonchev–Trinajstić information content (AvgIpc) is 2.51. The van der Waals surface area contributed by atoms with E-state index in [-0.39, 0.29) is 11.9 Å². The van der Waals surface area contributed by atoms with E-state index in [9.17, 15) is 4.79 Å². The number of nitrogens with two attached hydrogens (primary N) is 3. The largest absolute Gasteiger partial charge is 0.370 e. The van der Waals surface area contributed by atoms with Crippen LogP contribution in [-0.2, 0) is 4.79 Å². The van der Waals surface area contributed by atoms with Crippen LogP contribution in [0, 0.1) is 0 Å². The van der Waals surface area contributed by atoms with Gasteiger partial charge in [0.2, 0.25) is 5.91 Å². The third-order valence-electron chi connectivity index (χ3n) is 3.16. The number of hydrogen-bond acceptors (Lipinski definition) is 4. The smallest absolute Gasteiger partial charge is 0.241 e. The molecule has 0 saturated carbocycles. The summed E-state index contributed by atoms with van der Waals surface area (Å²) in [4.78, 5) is 20.2. The number of anilines is 1. The van der Waals surface area contributed by atoms with Crippen LogP contribution in [0.15, 0.2) is 41.5 Å². The Kier molecular flexibility index (Phi) is 5.26. The van der Waals surface area contributed by atoms with Gasteiger partial charge in [-0.05, 0) is 25.0 Å². The lowest BCUT2D eigenvalue weighted by Crippen LogP contribution is -2.35. The van der Waals surface area contributed by atoms with Crippen LogP contribution in [0.5, 0.6) is 0 Å². The van der Waals surface area contributed by atoms with Gasteiger partial charge in [0.15, 0.2) is 5.96 Å². The van der Waals surface area contributed by atoms with Gasteiger partial charge < -0.3 is 22.5 Å². The van der Waals surface area contributed by atoms with E-state index in [1.807, 2.05) is 30.3 Å². The second-order valence-electron chi connectivity index (χ2n) is 4.96. The number of nitrogens with one attached hydrogen (secondary N) is 1. The van der Waals surface area contributed by atoms with Crippen LogP contribution in [-0.4, -0.2) is 29.4 Å². The van der Waals surface area contributed by atoms with E-state index in [0.29, 0.717) is 25.1 Å². The molecule has 7 N–H and O–H groups in total. The van der Waals surface area contributed by atoms with Crippen LogP contribution in [0.3, 0.4) is 0 Å². The Bertz CT molecular complexity index is 681. The Morgan fingerprint density at radius 3 is 2.86 bits per heavy atom. The topological polar surface area (TPSA) is 132 Å². The monoisotopic (exact) mass is 300 g/mol. The van der Waals surface area contributed by atoms with Crippen molar-refractivity contribution in [2.75, 3.05) is 11.9 Å². The van der Waals surface area contributed by atoms with Gasteiger partial charge in [-0.3, -0.25) is 14.8 Å². The van der Waals surface area contributed by atoms with Crippen molar-refractivity contribution in [1.82, 2.24) is 4.98 Å². The lowest BCUT2D eigenvalue weighted by Gasteiger charge is -2.12. The summed E-state index contributed by atoms with van der Waals surface area (Å²) < 4.78 is 0. The number of hydrogen-bond donors (Lipinski definition) is 4. The van der Waals surface area contributed by atoms with Gasteiger partial charge in [-0.25, -0.2) is 0 Å². The number of rotatable bonds is 6. The molecule has 2 aromatic rings. The predicted octanol–water partition coefficient (Wildman–Crippen LogP) is 0.554. The normalized spacial score (nSPS) is 11.9. The molecule has 0 unspecified atom stereocenters. The molecule has 0 spiro atoms. The fraction of sp³-hybridized carbons (Fsp3) is 0.267. The van der Waals surface area contributed by atoms with Crippen LogP contribution in [0.2, 0.25) is 0 Å². The summed E-state index contributed by atoms with van der Waals surface area (Å²) >= 11 is 0. The summed E-state index contributed by atoms with van der Waals surface area (Å²) in [6, 6.07) is 8.95. The van der Waals surface area contributed by atoms with E-state index in [0.717, 1.165) is 10.9 Å². The maximum Gasteiger partial charge on any atom is 0.241 e. The molecule has 0 saturated heterocycles. The fourth-order valence-electron chi connectivity index (χ4n) is 2.02. The first-order chi connectivity index (χ1) is 10.6. The number of aromatic nitrogens is 1. The van der Waals surface area contributed by atoms with Gasteiger partial charge in [0, 0.05) is 11.9 Å². The van der Waals surface area contributed by atoms with Crippen LogP contribution in [0.4, 0.5) is 5.69 Å². The third kappa shape index (κ3) is 4.42. The molecule has 1 aromatic heterocycles. The van der Waals surface area contributed by atoms with Crippen molar-refractivity contribution in [3.8, 4) is 0 Å². The van der Waals surface area contributed by atoms with Crippen molar-refractivity contribution >= 4 is 28.5 Å². The Hall–Kier alpha value is -2.67. The van der Waals surface area contributed by atoms with Crippen LogP contribution in [0.1, 0.15) is 12.8 Å². The first-order valence-corrected chi connectivity index (χ1v) is 7.03. The van der Waals surface area contributed by atoms with E-state index in [4.69, 9.17) is 17.2 Å². The molecule has 0 aliphatic rings. The maximum atomic E-state index is 12.0. The second-order valence-corrected chi connectivity index (χ2v) is 4.96. The lowest BCUT2D eigenvalue weighted by molar-refractivity contribution is -0.117. The SMILES string of the molecule is NC(N)=NCCC[C@H](N)C(=O)Nc1cnc2ccccc2c1. The molecule has 0 aliphatic heterocycles. The van der Waals surface area contributed by atoms with Crippen molar-refractivity contribution in [3.63, 3.8) is 0 Å². The van der Waals surface area contributed by atoms with E-state index >= 15 is 0 Å². The van der Waals surface area contributed by atoms with Crippen molar-refractivity contribution in [1.29, 1.82) is 0 Å². The number of carbonyl (C=O) groups is 1. The molecule has 0 bridgehead atoms. The first kappa shape index (κ1) is 15.7. The van der Waals surface area contributed by atoms with Crippen LogP contribution < -0.4 is 22.5 Å². The number of para-hydroxylation sites is 1. The van der Waals surface area contributed by atoms with E-state index in [1.54, 1.807) is 6.20 Å². The summed E-state index contributed by atoms with van der Waals surface area (Å²) in [5.74, 6) is -0.206. The van der Waals surface area contributed by atoms with E-state index in [1.165, 1.54) is 0 Å². The molecule has 1 amide bonds.